The first-order chi connectivity index (χ1) is 10.2. The van der Waals surface area contributed by atoms with E-state index in [2.05, 4.69) is 21.7 Å². The Morgan fingerprint density at radius 1 is 1.00 bits per heavy atom. The average molecular weight is 289 g/mol. The van der Waals surface area contributed by atoms with Crippen LogP contribution < -0.4 is 4.90 Å². The molecule has 0 amide bonds. The highest BCUT2D eigenvalue weighted by Gasteiger charge is 2.24. The highest BCUT2D eigenvalue weighted by Crippen LogP contribution is 2.21. The molecule has 1 aromatic rings. The fourth-order valence-corrected chi connectivity index (χ4v) is 3.52. The van der Waals surface area contributed by atoms with E-state index in [0.717, 1.165) is 32.2 Å². The van der Waals surface area contributed by atoms with Crippen molar-refractivity contribution in [1.82, 2.24) is 9.80 Å². The second kappa shape index (κ2) is 6.67. The topological polar surface area (TPSA) is 30.0 Å². The van der Waals surface area contributed by atoms with Gasteiger partial charge < -0.3 is 14.9 Å². The van der Waals surface area contributed by atoms with Crippen LogP contribution >= 0.6 is 0 Å². The van der Waals surface area contributed by atoms with Crippen molar-refractivity contribution in [3.63, 3.8) is 0 Å². The summed E-state index contributed by atoms with van der Waals surface area (Å²) in [6.45, 7) is 6.94. The van der Waals surface area contributed by atoms with Crippen molar-refractivity contribution in [1.29, 1.82) is 0 Å². The highest BCUT2D eigenvalue weighted by molar-refractivity contribution is 5.49. The number of nitrogens with zero attached hydrogens (tertiary/aromatic N) is 3. The molecule has 0 aliphatic carbocycles. The normalized spacial score (nSPS) is 25.2. The molecule has 21 heavy (non-hydrogen) atoms. The number of likely N-dealkylation sites (N-methyl/N-ethyl adjacent to an activating group) is 1. The number of piperidine rings is 1. The van der Waals surface area contributed by atoms with Crippen LogP contribution in [0.2, 0.25) is 0 Å². The van der Waals surface area contributed by atoms with Gasteiger partial charge in [-0.15, -0.1) is 0 Å². The Labute approximate surface area is 128 Å². The van der Waals surface area contributed by atoms with Gasteiger partial charge in [0.05, 0.1) is 0 Å². The second-order valence-corrected chi connectivity index (χ2v) is 6.43. The molecule has 1 N–H and O–H groups in total. The van der Waals surface area contributed by atoms with Crippen molar-refractivity contribution < 1.29 is 5.11 Å². The smallest absolute Gasteiger partial charge is 0.115 e. The van der Waals surface area contributed by atoms with Gasteiger partial charge in [0.15, 0.2) is 0 Å². The maximum absolute atomic E-state index is 9.37. The first-order valence-electron chi connectivity index (χ1n) is 8.19. The van der Waals surface area contributed by atoms with Crippen LogP contribution in [-0.4, -0.2) is 67.3 Å². The minimum atomic E-state index is 0.345. The predicted octanol–water partition coefficient (Wildman–Crippen LogP) is 2.00. The maximum Gasteiger partial charge on any atom is 0.115 e. The predicted molar refractivity (Wildman–Crippen MR) is 87.0 cm³/mol. The van der Waals surface area contributed by atoms with Gasteiger partial charge in [0, 0.05) is 44.5 Å². The van der Waals surface area contributed by atoms with E-state index in [9.17, 15) is 5.11 Å². The molecule has 4 heteroatoms. The fraction of sp³-hybridized carbons (Fsp3) is 0.647. The molecule has 0 bridgehead atoms. The molecular weight excluding hydrogens is 262 g/mol. The molecule has 1 atom stereocenters. The zero-order valence-corrected chi connectivity index (χ0v) is 13.0. The Morgan fingerprint density at radius 3 is 2.38 bits per heavy atom. The number of phenolic OH excluding ortho intramolecular Hbond substituents is 1. The fourth-order valence-electron chi connectivity index (χ4n) is 3.52. The van der Waals surface area contributed by atoms with Gasteiger partial charge in [-0.25, -0.2) is 0 Å². The molecular formula is C17H27N3O. The van der Waals surface area contributed by atoms with Crippen LogP contribution in [0.5, 0.6) is 5.75 Å². The Balaban J connectivity index is 1.49. The second-order valence-electron chi connectivity index (χ2n) is 6.43. The summed E-state index contributed by atoms with van der Waals surface area (Å²) in [7, 11) is 2.27. The minimum absolute atomic E-state index is 0.345. The molecule has 0 radical (unpaired) electrons. The molecule has 2 fully saturated rings. The molecule has 0 spiro atoms. The van der Waals surface area contributed by atoms with E-state index in [1.807, 2.05) is 12.1 Å². The quantitative estimate of drug-likeness (QED) is 0.922. The molecule has 4 nitrogen and oxygen atoms in total. The molecule has 2 aliphatic heterocycles. The molecule has 1 aromatic carbocycles. The van der Waals surface area contributed by atoms with Gasteiger partial charge >= 0.3 is 0 Å². The standard InChI is InChI=1S/C17H27N3O/c1-18-9-3-2-4-16(18)14-19-10-12-20(13-11-19)15-5-7-17(21)8-6-15/h5-8,16,21H,2-4,9-14H2,1H3. The van der Waals surface area contributed by atoms with Gasteiger partial charge in [0.2, 0.25) is 0 Å². The molecule has 0 aromatic heterocycles. The van der Waals surface area contributed by atoms with Crippen LogP contribution in [0.15, 0.2) is 24.3 Å². The number of likely N-dealkylation sites (tertiary alicyclic amines) is 1. The Kier molecular flexibility index (Phi) is 4.66. The number of hydrogen-bond acceptors (Lipinski definition) is 4. The van der Waals surface area contributed by atoms with E-state index in [1.54, 1.807) is 12.1 Å². The van der Waals surface area contributed by atoms with E-state index in [0.29, 0.717) is 5.75 Å². The first kappa shape index (κ1) is 14.7. The number of phenols is 1. The van der Waals surface area contributed by atoms with Gasteiger partial charge in [-0.3, -0.25) is 4.90 Å². The molecule has 1 unspecified atom stereocenters. The minimum Gasteiger partial charge on any atom is -0.508 e. The third-order valence-electron chi connectivity index (χ3n) is 4.98. The summed E-state index contributed by atoms with van der Waals surface area (Å²) >= 11 is 0. The third-order valence-corrected chi connectivity index (χ3v) is 4.98. The summed E-state index contributed by atoms with van der Waals surface area (Å²) in [5, 5.41) is 9.37. The molecule has 116 valence electrons. The van der Waals surface area contributed by atoms with Crippen LogP contribution in [0.1, 0.15) is 19.3 Å². The zero-order chi connectivity index (χ0) is 14.7. The number of hydrogen-bond donors (Lipinski definition) is 1. The molecule has 3 rings (SSSR count). The number of rotatable bonds is 3. The first-order valence-corrected chi connectivity index (χ1v) is 8.19. The van der Waals surface area contributed by atoms with Crippen LogP contribution in [0.3, 0.4) is 0 Å². The van der Waals surface area contributed by atoms with E-state index in [-0.39, 0.29) is 0 Å². The van der Waals surface area contributed by atoms with Crippen LogP contribution in [0, 0.1) is 0 Å². The molecule has 2 heterocycles. The van der Waals surface area contributed by atoms with Crippen LogP contribution in [-0.2, 0) is 0 Å². The Hall–Kier alpha value is -1.26. The monoisotopic (exact) mass is 289 g/mol. The SMILES string of the molecule is CN1CCCCC1CN1CCN(c2ccc(O)cc2)CC1. The summed E-state index contributed by atoms with van der Waals surface area (Å²) in [6.07, 6.45) is 4.11. The Bertz CT molecular complexity index is 440. The van der Waals surface area contributed by atoms with Gasteiger partial charge in [0.25, 0.3) is 0 Å². The van der Waals surface area contributed by atoms with E-state index in [1.165, 1.54) is 38.0 Å². The summed E-state index contributed by atoms with van der Waals surface area (Å²) in [4.78, 5) is 7.57. The number of aromatic hydroxyl groups is 1. The van der Waals surface area contributed by atoms with Crippen molar-refractivity contribution in [2.24, 2.45) is 0 Å². The molecule has 2 aliphatic rings. The summed E-state index contributed by atoms with van der Waals surface area (Å²) in [5.41, 5.74) is 1.22. The zero-order valence-electron chi connectivity index (χ0n) is 13.0. The van der Waals surface area contributed by atoms with Gasteiger partial charge in [-0.1, -0.05) is 6.42 Å². The van der Waals surface area contributed by atoms with Crippen LogP contribution in [0.25, 0.3) is 0 Å². The van der Waals surface area contributed by atoms with E-state index < -0.39 is 0 Å². The van der Waals surface area contributed by atoms with E-state index >= 15 is 0 Å². The summed E-state index contributed by atoms with van der Waals surface area (Å²) in [5.74, 6) is 0.345. The summed E-state index contributed by atoms with van der Waals surface area (Å²) in [6, 6.07) is 8.33. The number of piperazine rings is 1. The largest absolute Gasteiger partial charge is 0.508 e. The lowest BCUT2D eigenvalue weighted by Crippen LogP contribution is -2.51. The van der Waals surface area contributed by atoms with Crippen molar-refractivity contribution in [2.45, 2.75) is 25.3 Å². The highest BCUT2D eigenvalue weighted by atomic mass is 16.3. The lowest BCUT2D eigenvalue weighted by Gasteiger charge is -2.40. The van der Waals surface area contributed by atoms with Crippen LogP contribution in [0.4, 0.5) is 5.69 Å². The number of benzene rings is 1. The van der Waals surface area contributed by atoms with Crippen molar-refractivity contribution >= 4 is 5.69 Å². The molecule has 0 saturated carbocycles. The van der Waals surface area contributed by atoms with Gasteiger partial charge in [-0.2, -0.15) is 0 Å². The average Bonchev–Trinajstić information content (AvgIpc) is 2.51. The molecule has 2 saturated heterocycles. The van der Waals surface area contributed by atoms with Crippen molar-refractivity contribution in [3.8, 4) is 5.75 Å². The maximum atomic E-state index is 9.37. The lowest BCUT2D eigenvalue weighted by molar-refractivity contribution is 0.125. The Morgan fingerprint density at radius 2 is 1.71 bits per heavy atom. The van der Waals surface area contributed by atoms with Gasteiger partial charge in [-0.05, 0) is 50.7 Å². The van der Waals surface area contributed by atoms with E-state index in [4.69, 9.17) is 0 Å². The lowest BCUT2D eigenvalue weighted by atomic mass is 10.0. The summed E-state index contributed by atoms with van der Waals surface area (Å²) < 4.78 is 0. The van der Waals surface area contributed by atoms with Gasteiger partial charge in [0.1, 0.15) is 5.75 Å². The third kappa shape index (κ3) is 3.69. The van der Waals surface area contributed by atoms with Crippen molar-refractivity contribution in [2.75, 3.05) is 51.2 Å². The number of anilines is 1. The van der Waals surface area contributed by atoms with Crippen molar-refractivity contribution in [3.05, 3.63) is 24.3 Å².